The monoisotopic (exact) mass is 297 g/mol. The van der Waals surface area contributed by atoms with Crippen LogP contribution in [0.5, 0.6) is 0 Å². The number of hydrogen-bond acceptors (Lipinski definition) is 3. The van der Waals surface area contributed by atoms with Crippen molar-refractivity contribution in [2.45, 2.75) is 52.0 Å². The number of carbonyl (C=O) groups is 1. The van der Waals surface area contributed by atoms with Crippen molar-refractivity contribution in [1.82, 2.24) is 4.31 Å². The maximum absolute atomic E-state index is 12.5. The summed E-state index contributed by atoms with van der Waals surface area (Å²) in [4.78, 5) is 12.3. The molecule has 2 bridgehead atoms. The van der Waals surface area contributed by atoms with Crippen molar-refractivity contribution in [1.29, 1.82) is 0 Å². The molecule has 1 amide bonds. The fourth-order valence-corrected chi connectivity index (χ4v) is 7.53. The Morgan fingerprint density at radius 1 is 1.45 bits per heavy atom. The molecule has 4 nitrogen and oxygen atoms in total. The average molecular weight is 297 g/mol. The number of nitrogens with zero attached hydrogens (tertiary/aromatic N) is 1. The summed E-state index contributed by atoms with van der Waals surface area (Å²) in [7, 11) is -3.44. The summed E-state index contributed by atoms with van der Waals surface area (Å²) < 4.78 is 26.3. The lowest BCUT2D eigenvalue weighted by Gasteiger charge is -2.37. The molecule has 2 saturated carbocycles. The molecule has 5 heteroatoms. The molecule has 0 N–H and O–H groups in total. The molecule has 2 unspecified atom stereocenters. The molecule has 3 aliphatic rings. The number of fused-ring (bicyclic) bond motifs is 1. The molecule has 1 spiro atoms. The zero-order valence-corrected chi connectivity index (χ0v) is 13.1. The van der Waals surface area contributed by atoms with E-state index in [4.69, 9.17) is 0 Å². The van der Waals surface area contributed by atoms with Crippen molar-refractivity contribution in [2.75, 3.05) is 5.75 Å². The minimum Gasteiger partial charge on any atom is -0.274 e. The van der Waals surface area contributed by atoms with Crippen LogP contribution in [0.4, 0.5) is 0 Å². The molecule has 1 saturated heterocycles. The number of carbonyl (C=O) groups excluding carboxylic acids is 1. The third-order valence-electron chi connectivity index (χ3n) is 6.22. The molecule has 2 aliphatic carbocycles. The van der Waals surface area contributed by atoms with E-state index in [0.717, 1.165) is 19.3 Å². The van der Waals surface area contributed by atoms with Crippen LogP contribution in [0.25, 0.3) is 0 Å². The van der Waals surface area contributed by atoms with Crippen LogP contribution in [0, 0.1) is 16.7 Å². The maximum atomic E-state index is 12.5. The van der Waals surface area contributed by atoms with Gasteiger partial charge in [-0.3, -0.25) is 4.79 Å². The molecule has 0 aromatic heterocycles. The van der Waals surface area contributed by atoms with Gasteiger partial charge in [0.05, 0.1) is 11.8 Å². The van der Waals surface area contributed by atoms with E-state index in [0.29, 0.717) is 12.3 Å². The summed E-state index contributed by atoms with van der Waals surface area (Å²) in [5.41, 5.74) is -0.182. The molecule has 0 radical (unpaired) electrons. The minimum atomic E-state index is -3.44. The van der Waals surface area contributed by atoms with E-state index in [1.54, 1.807) is 6.08 Å². The van der Waals surface area contributed by atoms with Gasteiger partial charge >= 0.3 is 0 Å². The highest BCUT2D eigenvalue weighted by atomic mass is 32.2. The topological polar surface area (TPSA) is 54.5 Å². The lowest BCUT2D eigenvalue weighted by molar-refractivity contribution is -0.128. The van der Waals surface area contributed by atoms with Gasteiger partial charge in [-0.05, 0) is 37.0 Å². The lowest BCUT2D eigenvalue weighted by atomic mass is 9.69. The first-order valence-electron chi connectivity index (χ1n) is 7.42. The first-order chi connectivity index (χ1) is 9.26. The van der Waals surface area contributed by atoms with Crippen molar-refractivity contribution < 1.29 is 13.2 Å². The van der Waals surface area contributed by atoms with Gasteiger partial charge in [0.25, 0.3) is 0 Å². The van der Waals surface area contributed by atoms with Crippen LogP contribution in [-0.4, -0.2) is 30.4 Å². The molecular formula is C15H23NO3S. The van der Waals surface area contributed by atoms with Crippen LogP contribution < -0.4 is 0 Å². The first-order valence-corrected chi connectivity index (χ1v) is 9.03. The smallest absolute Gasteiger partial charge is 0.238 e. The predicted octanol–water partition coefficient (Wildman–Crippen LogP) is 2.32. The summed E-state index contributed by atoms with van der Waals surface area (Å²) in [6.45, 7) is 7.99. The number of allylic oxidation sites excluding steroid dienone is 1. The zero-order chi connectivity index (χ0) is 14.8. The molecule has 20 heavy (non-hydrogen) atoms. The maximum Gasteiger partial charge on any atom is 0.238 e. The Balaban J connectivity index is 1.98. The van der Waals surface area contributed by atoms with Crippen molar-refractivity contribution in [3.05, 3.63) is 12.7 Å². The van der Waals surface area contributed by atoms with Crippen molar-refractivity contribution in [3.63, 3.8) is 0 Å². The van der Waals surface area contributed by atoms with Crippen LogP contribution in [0.3, 0.4) is 0 Å². The average Bonchev–Trinajstić information content (AvgIpc) is 2.82. The van der Waals surface area contributed by atoms with Gasteiger partial charge in [0.2, 0.25) is 15.9 Å². The van der Waals surface area contributed by atoms with Crippen LogP contribution in [0.2, 0.25) is 0 Å². The Kier molecular flexibility index (Phi) is 2.89. The van der Waals surface area contributed by atoms with Gasteiger partial charge in [-0.15, -0.1) is 6.58 Å². The first kappa shape index (κ1) is 14.1. The second kappa shape index (κ2) is 4.09. The molecule has 112 valence electrons. The van der Waals surface area contributed by atoms with Gasteiger partial charge in [-0.25, -0.2) is 12.7 Å². The second-order valence-corrected chi connectivity index (χ2v) is 8.98. The Morgan fingerprint density at radius 3 is 2.75 bits per heavy atom. The van der Waals surface area contributed by atoms with E-state index in [2.05, 4.69) is 20.4 Å². The minimum absolute atomic E-state index is 0.0260. The molecule has 1 heterocycles. The highest BCUT2D eigenvalue weighted by Crippen LogP contribution is 2.69. The van der Waals surface area contributed by atoms with E-state index in [1.165, 1.54) is 4.31 Å². The van der Waals surface area contributed by atoms with Gasteiger partial charge in [-0.2, -0.15) is 0 Å². The van der Waals surface area contributed by atoms with Crippen LogP contribution in [0.1, 0.15) is 46.0 Å². The van der Waals surface area contributed by atoms with E-state index < -0.39 is 10.0 Å². The summed E-state index contributed by atoms with van der Waals surface area (Å²) >= 11 is 0. The highest BCUT2D eigenvalue weighted by molar-refractivity contribution is 7.90. The lowest BCUT2D eigenvalue weighted by Crippen LogP contribution is -2.44. The molecule has 3 atom stereocenters. The SMILES string of the molecule is C=CCCC(=O)N1C2CC3CC[C@]2(CS1(=O)=O)C3(C)C. The van der Waals surface area contributed by atoms with E-state index in [-0.39, 0.29) is 35.0 Å². The summed E-state index contributed by atoms with van der Waals surface area (Å²) in [6.07, 6.45) is 5.36. The Morgan fingerprint density at radius 2 is 2.15 bits per heavy atom. The largest absolute Gasteiger partial charge is 0.274 e. The van der Waals surface area contributed by atoms with Crippen LogP contribution in [-0.2, 0) is 14.8 Å². The van der Waals surface area contributed by atoms with Crippen LogP contribution >= 0.6 is 0 Å². The Hall–Kier alpha value is -0.840. The van der Waals surface area contributed by atoms with Gasteiger partial charge in [0.15, 0.2) is 0 Å². The summed E-state index contributed by atoms with van der Waals surface area (Å²) in [5.74, 6) is 0.474. The molecule has 0 aromatic rings. The Bertz CT molecular complexity index is 566. The number of amides is 1. The van der Waals surface area contributed by atoms with Gasteiger partial charge in [-0.1, -0.05) is 19.9 Å². The van der Waals surface area contributed by atoms with Gasteiger partial charge in [0.1, 0.15) is 0 Å². The van der Waals surface area contributed by atoms with Crippen LogP contribution in [0.15, 0.2) is 12.7 Å². The second-order valence-electron chi connectivity index (χ2n) is 7.14. The molecule has 3 rings (SSSR count). The van der Waals surface area contributed by atoms with Gasteiger partial charge in [0, 0.05) is 11.8 Å². The van der Waals surface area contributed by atoms with Gasteiger partial charge < -0.3 is 0 Å². The fraction of sp³-hybridized carbons (Fsp3) is 0.800. The fourth-order valence-electron chi connectivity index (χ4n) is 4.95. The van der Waals surface area contributed by atoms with Crippen molar-refractivity contribution >= 4 is 15.9 Å². The van der Waals surface area contributed by atoms with E-state index in [9.17, 15) is 13.2 Å². The summed E-state index contributed by atoms with van der Waals surface area (Å²) in [5, 5.41) is 0. The molecule has 3 fully saturated rings. The van der Waals surface area contributed by atoms with E-state index >= 15 is 0 Å². The normalized spacial score (nSPS) is 39.8. The zero-order valence-electron chi connectivity index (χ0n) is 12.3. The third-order valence-corrected chi connectivity index (χ3v) is 8.16. The highest BCUT2D eigenvalue weighted by Gasteiger charge is 2.72. The third kappa shape index (κ3) is 1.53. The number of hydrogen-bond donors (Lipinski definition) is 0. The Labute approximate surface area is 121 Å². The molecule has 1 aliphatic heterocycles. The quantitative estimate of drug-likeness (QED) is 0.751. The molecule has 0 aromatic carbocycles. The van der Waals surface area contributed by atoms with Crippen molar-refractivity contribution in [3.8, 4) is 0 Å². The number of rotatable bonds is 3. The number of sulfonamides is 1. The standard InChI is InChI=1S/C15H23NO3S/c1-4-5-6-13(17)16-12-9-11-7-8-15(12,14(11,2)3)10-20(16,18)19/h4,11-12H,1,5-10H2,2-3H3/t11?,12?,15-/m1/s1. The molecular weight excluding hydrogens is 274 g/mol. The van der Waals surface area contributed by atoms with E-state index in [1.807, 2.05) is 0 Å². The summed E-state index contributed by atoms with van der Waals surface area (Å²) in [6, 6.07) is -0.0986. The predicted molar refractivity (Wildman–Crippen MR) is 77.4 cm³/mol. The van der Waals surface area contributed by atoms with Crippen molar-refractivity contribution in [2.24, 2.45) is 16.7 Å².